The first kappa shape index (κ1) is 18.7. The Morgan fingerprint density at radius 2 is 1.58 bits per heavy atom. The van der Waals surface area contributed by atoms with Gasteiger partial charge in [0.1, 0.15) is 5.75 Å². The average molecular weight is 375 g/mol. The zero-order valence-corrected chi connectivity index (χ0v) is 16.0. The second kappa shape index (κ2) is 8.56. The van der Waals surface area contributed by atoms with Gasteiger partial charge in [-0.05, 0) is 37.2 Å². The molecule has 1 saturated heterocycles. The third kappa shape index (κ3) is 4.56. The lowest BCUT2D eigenvalue weighted by Gasteiger charge is -2.36. The summed E-state index contributed by atoms with van der Waals surface area (Å²) in [7, 11) is -1.48. The molecule has 0 spiro atoms. The molecule has 0 radical (unpaired) electrons. The van der Waals surface area contributed by atoms with E-state index in [-0.39, 0.29) is 5.75 Å². The van der Waals surface area contributed by atoms with Crippen LogP contribution in [-0.4, -0.2) is 58.9 Å². The van der Waals surface area contributed by atoms with E-state index in [9.17, 15) is 8.42 Å². The molecule has 2 aromatic rings. The first-order valence-electron chi connectivity index (χ1n) is 8.98. The van der Waals surface area contributed by atoms with Crippen molar-refractivity contribution >= 4 is 15.5 Å². The van der Waals surface area contributed by atoms with Gasteiger partial charge in [-0.25, -0.2) is 8.42 Å². The van der Waals surface area contributed by atoms with E-state index in [1.54, 1.807) is 31.4 Å². The summed E-state index contributed by atoms with van der Waals surface area (Å²) in [6, 6.07) is 16.8. The lowest BCUT2D eigenvalue weighted by atomic mass is 10.2. The van der Waals surface area contributed by atoms with Crippen molar-refractivity contribution in [2.75, 3.05) is 50.5 Å². The summed E-state index contributed by atoms with van der Waals surface area (Å²) in [5.74, 6) is 1.10. The number of sulfone groups is 1. The maximum Gasteiger partial charge on any atom is 0.178 e. The van der Waals surface area contributed by atoms with Gasteiger partial charge in [-0.1, -0.05) is 30.3 Å². The molecule has 0 N–H and O–H groups in total. The molecule has 0 atom stereocenters. The van der Waals surface area contributed by atoms with Crippen LogP contribution in [0, 0.1) is 0 Å². The third-order valence-corrected chi connectivity index (χ3v) is 6.60. The zero-order valence-electron chi connectivity index (χ0n) is 15.2. The minimum Gasteiger partial charge on any atom is -0.495 e. The number of anilines is 1. The lowest BCUT2D eigenvalue weighted by Crippen LogP contribution is -2.46. The molecule has 2 aromatic carbocycles. The van der Waals surface area contributed by atoms with Gasteiger partial charge in [0.25, 0.3) is 0 Å². The first-order chi connectivity index (χ1) is 12.6. The van der Waals surface area contributed by atoms with E-state index in [1.165, 1.54) is 0 Å². The van der Waals surface area contributed by atoms with E-state index in [2.05, 4.69) is 15.9 Å². The highest BCUT2D eigenvalue weighted by Gasteiger charge is 2.20. The van der Waals surface area contributed by atoms with Crippen LogP contribution in [0.4, 0.5) is 5.69 Å². The normalized spacial score (nSPS) is 15.8. The molecule has 0 aliphatic carbocycles. The molecule has 0 aromatic heterocycles. The second-order valence-electron chi connectivity index (χ2n) is 6.49. The topological polar surface area (TPSA) is 49.9 Å². The van der Waals surface area contributed by atoms with Crippen molar-refractivity contribution in [1.82, 2.24) is 4.90 Å². The fraction of sp³-hybridized carbons (Fsp3) is 0.400. The lowest BCUT2D eigenvalue weighted by molar-refractivity contribution is 0.258. The number of rotatable bonds is 7. The SMILES string of the molecule is COc1ccccc1N1CCN(CCCS(=O)(=O)c2ccccc2)CC1. The van der Waals surface area contributed by atoms with E-state index in [4.69, 9.17) is 4.74 Å². The van der Waals surface area contributed by atoms with Crippen LogP contribution in [0.25, 0.3) is 0 Å². The van der Waals surface area contributed by atoms with Gasteiger partial charge in [0.2, 0.25) is 0 Å². The molecule has 1 aliphatic heterocycles. The van der Waals surface area contributed by atoms with Crippen LogP contribution in [0.2, 0.25) is 0 Å². The van der Waals surface area contributed by atoms with Gasteiger partial charge in [-0.3, -0.25) is 4.90 Å². The number of nitrogens with zero attached hydrogens (tertiary/aromatic N) is 2. The van der Waals surface area contributed by atoms with Crippen LogP contribution in [0.15, 0.2) is 59.5 Å². The van der Waals surface area contributed by atoms with Crippen molar-refractivity contribution in [1.29, 1.82) is 0 Å². The van der Waals surface area contributed by atoms with Gasteiger partial charge in [0.05, 0.1) is 23.4 Å². The maximum atomic E-state index is 12.3. The number of ether oxygens (including phenoxy) is 1. The minimum absolute atomic E-state index is 0.198. The first-order valence-corrected chi connectivity index (χ1v) is 10.6. The van der Waals surface area contributed by atoms with Crippen molar-refractivity contribution in [3.05, 3.63) is 54.6 Å². The van der Waals surface area contributed by atoms with E-state index < -0.39 is 9.84 Å². The van der Waals surface area contributed by atoms with E-state index in [1.807, 2.05) is 24.3 Å². The Morgan fingerprint density at radius 3 is 2.27 bits per heavy atom. The highest BCUT2D eigenvalue weighted by molar-refractivity contribution is 7.91. The molecule has 1 heterocycles. The fourth-order valence-electron chi connectivity index (χ4n) is 3.33. The predicted octanol–water partition coefficient (Wildman–Crippen LogP) is 2.68. The largest absolute Gasteiger partial charge is 0.495 e. The van der Waals surface area contributed by atoms with Crippen LogP contribution in [0.3, 0.4) is 0 Å². The molecule has 3 rings (SSSR count). The molecule has 0 unspecified atom stereocenters. The molecule has 140 valence electrons. The molecule has 5 nitrogen and oxygen atoms in total. The Hall–Kier alpha value is -2.05. The van der Waals surface area contributed by atoms with Crippen molar-refractivity contribution < 1.29 is 13.2 Å². The summed E-state index contributed by atoms with van der Waals surface area (Å²) in [5, 5.41) is 0. The van der Waals surface area contributed by atoms with Crippen molar-refractivity contribution in [3.63, 3.8) is 0 Å². The molecule has 0 amide bonds. The summed E-state index contributed by atoms with van der Waals surface area (Å²) >= 11 is 0. The molecule has 6 heteroatoms. The molecular formula is C20H26N2O3S. The average Bonchev–Trinajstić information content (AvgIpc) is 2.69. The summed E-state index contributed by atoms with van der Waals surface area (Å²) in [6.45, 7) is 4.52. The van der Waals surface area contributed by atoms with E-state index in [0.717, 1.165) is 44.2 Å². The van der Waals surface area contributed by atoms with Gasteiger partial charge in [-0.15, -0.1) is 0 Å². The highest BCUT2D eigenvalue weighted by atomic mass is 32.2. The van der Waals surface area contributed by atoms with Crippen LogP contribution >= 0.6 is 0 Å². The van der Waals surface area contributed by atoms with E-state index >= 15 is 0 Å². The third-order valence-electron chi connectivity index (χ3n) is 4.79. The quantitative estimate of drug-likeness (QED) is 0.746. The minimum atomic E-state index is -3.18. The van der Waals surface area contributed by atoms with Gasteiger partial charge in [0.15, 0.2) is 9.84 Å². The van der Waals surface area contributed by atoms with Crippen LogP contribution in [0.1, 0.15) is 6.42 Å². The van der Waals surface area contributed by atoms with Gasteiger partial charge >= 0.3 is 0 Å². The Labute approximate surface area is 156 Å². The van der Waals surface area contributed by atoms with E-state index in [0.29, 0.717) is 11.3 Å². The van der Waals surface area contributed by atoms with Gasteiger partial charge < -0.3 is 9.64 Å². The van der Waals surface area contributed by atoms with Crippen molar-refractivity contribution in [2.24, 2.45) is 0 Å². The van der Waals surface area contributed by atoms with Crippen LogP contribution < -0.4 is 9.64 Å². The molecule has 26 heavy (non-hydrogen) atoms. The summed E-state index contributed by atoms with van der Waals surface area (Å²) in [5.41, 5.74) is 1.13. The number of benzene rings is 2. The zero-order chi connectivity index (χ0) is 18.4. The number of para-hydroxylation sites is 2. The Morgan fingerprint density at radius 1 is 0.923 bits per heavy atom. The maximum absolute atomic E-state index is 12.3. The number of methoxy groups -OCH3 is 1. The Balaban J connectivity index is 1.47. The van der Waals surface area contributed by atoms with Crippen molar-refractivity contribution in [2.45, 2.75) is 11.3 Å². The Kier molecular flexibility index (Phi) is 6.16. The number of piperazine rings is 1. The summed E-state index contributed by atoms with van der Waals surface area (Å²) in [4.78, 5) is 5.09. The molecule has 1 fully saturated rings. The Bertz CT molecular complexity index is 801. The molecule has 0 bridgehead atoms. The second-order valence-corrected chi connectivity index (χ2v) is 8.60. The highest BCUT2D eigenvalue weighted by Crippen LogP contribution is 2.28. The predicted molar refractivity (Wildman–Crippen MR) is 105 cm³/mol. The number of hydrogen-bond acceptors (Lipinski definition) is 5. The fourth-order valence-corrected chi connectivity index (χ4v) is 4.64. The summed E-state index contributed by atoms with van der Waals surface area (Å²) in [6.07, 6.45) is 0.659. The number of hydrogen-bond donors (Lipinski definition) is 0. The van der Waals surface area contributed by atoms with Crippen LogP contribution in [0.5, 0.6) is 5.75 Å². The molecule has 1 aliphatic rings. The molecule has 0 saturated carbocycles. The van der Waals surface area contributed by atoms with Crippen molar-refractivity contribution in [3.8, 4) is 5.75 Å². The van der Waals surface area contributed by atoms with Gasteiger partial charge in [0, 0.05) is 26.2 Å². The monoisotopic (exact) mass is 374 g/mol. The van der Waals surface area contributed by atoms with Crippen LogP contribution in [-0.2, 0) is 9.84 Å². The smallest absolute Gasteiger partial charge is 0.178 e. The standard InChI is InChI=1S/C20H26N2O3S/c1-25-20-11-6-5-10-19(20)22-15-13-21(14-16-22)12-7-17-26(23,24)18-8-3-2-4-9-18/h2-6,8-11H,7,12-17H2,1H3. The molecular weight excluding hydrogens is 348 g/mol. The summed E-state index contributed by atoms with van der Waals surface area (Å²) < 4.78 is 30.1. The van der Waals surface area contributed by atoms with Gasteiger partial charge in [-0.2, -0.15) is 0 Å².